The molecule has 2 nitrogen and oxygen atoms in total. The fraction of sp³-hybridized carbons (Fsp3) is 0. The Labute approximate surface area is 305 Å². The lowest BCUT2D eigenvalue weighted by Crippen LogP contribution is -2.09. The average Bonchev–Trinajstić information content (AvgIpc) is 3.22. The van der Waals surface area contributed by atoms with Crippen LogP contribution in [-0.4, -0.2) is 0 Å². The Balaban J connectivity index is 1.16. The molecule has 0 amide bonds. The molecule has 2 heteroatoms. The first-order chi connectivity index (χ1) is 25.8. The highest BCUT2D eigenvalue weighted by atomic mass is 15.1. The molecule has 246 valence electrons. The van der Waals surface area contributed by atoms with Crippen LogP contribution in [0, 0.1) is 0 Å². The molecule has 0 heterocycles. The molecule has 0 aromatic heterocycles. The van der Waals surface area contributed by atoms with Gasteiger partial charge in [0.2, 0.25) is 0 Å². The van der Waals surface area contributed by atoms with Crippen LogP contribution in [0.1, 0.15) is 0 Å². The quantitative estimate of drug-likeness (QED) is 0.149. The zero-order valence-electron chi connectivity index (χ0n) is 28.7. The topological polar surface area (TPSA) is 6.48 Å². The first-order valence-corrected chi connectivity index (χ1v) is 17.8. The van der Waals surface area contributed by atoms with E-state index in [0.717, 1.165) is 34.1 Å². The molecule has 0 aliphatic rings. The van der Waals surface area contributed by atoms with E-state index in [-0.39, 0.29) is 0 Å². The Kier molecular flexibility index (Phi) is 8.24. The minimum absolute atomic E-state index is 1.12. The van der Waals surface area contributed by atoms with E-state index in [1.807, 2.05) is 0 Å². The van der Waals surface area contributed by atoms with Gasteiger partial charge in [-0.15, -0.1) is 0 Å². The van der Waals surface area contributed by atoms with Crippen molar-refractivity contribution in [3.05, 3.63) is 218 Å². The predicted molar refractivity (Wildman–Crippen MR) is 222 cm³/mol. The maximum absolute atomic E-state index is 2.31. The Bertz CT molecular complexity index is 2260. The first-order valence-electron chi connectivity index (χ1n) is 17.8. The second kappa shape index (κ2) is 13.8. The number of hydrogen-bond donors (Lipinski definition) is 0. The second-order valence-corrected chi connectivity index (χ2v) is 12.9. The summed E-state index contributed by atoms with van der Waals surface area (Å²) in [6.45, 7) is 0. The molecule has 52 heavy (non-hydrogen) atoms. The molecular formula is C50H36N2. The summed E-state index contributed by atoms with van der Waals surface area (Å²) in [4.78, 5) is 4.62. The third kappa shape index (κ3) is 5.77. The molecule has 9 aromatic rings. The van der Waals surface area contributed by atoms with Gasteiger partial charge in [0.05, 0.1) is 0 Å². The lowest BCUT2D eigenvalue weighted by molar-refractivity contribution is 1.28. The summed E-state index contributed by atoms with van der Waals surface area (Å²) < 4.78 is 0. The molecule has 0 spiro atoms. The number of rotatable bonds is 8. The molecule has 0 radical (unpaired) electrons. The van der Waals surface area contributed by atoms with E-state index in [9.17, 15) is 0 Å². The van der Waals surface area contributed by atoms with Crippen molar-refractivity contribution in [1.82, 2.24) is 0 Å². The summed E-state index contributed by atoms with van der Waals surface area (Å²) in [5, 5.41) is 4.97. The van der Waals surface area contributed by atoms with Gasteiger partial charge in [-0.05, 0) is 117 Å². The molecule has 0 unspecified atom stereocenters. The van der Waals surface area contributed by atoms with Crippen molar-refractivity contribution < 1.29 is 0 Å². The standard InChI is InChI=1S/C50H36N2/c1-5-17-39(18-6-1)51(40-19-7-2-8-20-40)43-33-29-37(30-34-43)49-45-25-13-15-27-47(45)50(48-28-16-14-26-46(48)49)38-31-35-44(36-32-38)52(41-21-9-3-10-22-41)42-23-11-4-12-24-42/h1-36H. The molecule has 0 saturated heterocycles. The number of benzene rings is 9. The van der Waals surface area contributed by atoms with Crippen LogP contribution < -0.4 is 9.80 Å². The molecule has 9 rings (SSSR count). The van der Waals surface area contributed by atoms with Gasteiger partial charge >= 0.3 is 0 Å². The van der Waals surface area contributed by atoms with Crippen molar-refractivity contribution in [3.63, 3.8) is 0 Å². The van der Waals surface area contributed by atoms with Gasteiger partial charge in [-0.1, -0.05) is 146 Å². The van der Waals surface area contributed by atoms with Crippen LogP contribution in [-0.2, 0) is 0 Å². The van der Waals surface area contributed by atoms with Crippen LogP contribution in [0.4, 0.5) is 34.1 Å². The minimum atomic E-state index is 1.12. The van der Waals surface area contributed by atoms with Gasteiger partial charge in [-0.3, -0.25) is 0 Å². The van der Waals surface area contributed by atoms with Gasteiger partial charge in [-0.2, -0.15) is 0 Å². The van der Waals surface area contributed by atoms with E-state index in [1.165, 1.54) is 43.8 Å². The zero-order valence-corrected chi connectivity index (χ0v) is 28.7. The Hall–Kier alpha value is -6.90. The van der Waals surface area contributed by atoms with Crippen LogP contribution >= 0.6 is 0 Å². The molecular weight excluding hydrogens is 629 g/mol. The number of fused-ring (bicyclic) bond motifs is 2. The number of para-hydroxylation sites is 4. The van der Waals surface area contributed by atoms with Crippen molar-refractivity contribution >= 4 is 55.7 Å². The third-order valence-electron chi connectivity index (χ3n) is 9.82. The highest BCUT2D eigenvalue weighted by Crippen LogP contribution is 2.45. The van der Waals surface area contributed by atoms with Crippen LogP contribution in [0.25, 0.3) is 43.8 Å². The van der Waals surface area contributed by atoms with Crippen molar-refractivity contribution in [2.45, 2.75) is 0 Å². The third-order valence-corrected chi connectivity index (χ3v) is 9.82. The highest BCUT2D eigenvalue weighted by molar-refractivity contribution is 6.21. The van der Waals surface area contributed by atoms with Gasteiger partial charge in [-0.25, -0.2) is 0 Å². The van der Waals surface area contributed by atoms with Crippen molar-refractivity contribution in [2.75, 3.05) is 9.80 Å². The molecule has 0 bridgehead atoms. The zero-order chi connectivity index (χ0) is 34.7. The lowest BCUT2D eigenvalue weighted by atomic mass is 9.86. The smallest absolute Gasteiger partial charge is 0.0462 e. The van der Waals surface area contributed by atoms with Crippen LogP contribution in [0.5, 0.6) is 0 Å². The molecule has 0 fully saturated rings. The van der Waals surface area contributed by atoms with Crippen LogP contribution in [0.15, 0.2) is 218 Å². The number of hydrogen-bond acceptors (Lipinski definition) is 2. The van der Waals surface area contributed by atoms with E-state index >= 15 is 0 Å². The molecule has 0 atom stereocenters. The molecule has 0 saturated carbocycles. The lowest BCUT2D eigenvalue weighted by Gasteiger charge is -2.26. The van der Waals surface area contributed by atoms with E-state index in [1.54, 1.807) is 0 Å². The Morgan fingerprint density at radius 1 is 0.192 bits per heavy atom. The van der Waals surface area contributed by atoms with Gasteiger partial charge < -0.3 is 9.80 Å². The van der Waals surface area contributed by atoms with Crippen molar-refractivity contribution in [1.29, 1.82) is 0 Å². The summed E-state index contributed by atoms with van der Waals surface area (Å²) in [7, 11) is 0. The van der Waals surface area contributed by atoms with Gasteiger partial charge in [0.1, 0.15) is 0 Å². The fourth-order valence-electron chi connectivity index (χ4n) is 7.51. The SMILES string of the molecule is c1ccc(N(c2ccccc2)c2ccc(-c3c4ccccc4c(-c4ccc(N(c5ccccc5)c5ccccc5)cc4)c4ccccc34)cc2)cc1. The van der Waals surface area contributed by atoms with E-state index in [2.05, 4.69) is 228 Å². The summed E-state index contributed by atoms with van der Waals surface area (Å²) in [6, 6.07) is 78.1. The summed E-state index contributed by atoms with van der Waals surface area (Å²) in [5.41, 5.74) is 11.6. The van der Waals surface area contributed by atoms with Crippen molar-refractivity contribution in [2.24, 2.45) is 0 Å². The number of anilines is 6. The van der Waals surface area contributed by atoms with E-state index < -0.39 is 0 Å². The Morgan fingerprint density at radius 3 is 0.654 bits per heavy atom. The first kappa shape index (κ1) is 31.1. The van der Waals surface area contributed by atoms with Crippen LogP contribution in [0.2, 0.25) is 0 Å². The van der Waals surface area contributed by atoms with Gasteiger partial charge in [0.25, 0.3) is 0 Å². The summed E-state index contributed by atoms with van der Waals surface area (Å²) in [6.07, 6.45) is 0. The second-order valence-electron chi connectivity index (χ2n) is 12.9. The monoisotopic (exact) mass is 664 g/mol. The molecule has 9 aromatic carbocycles. The van der Waals surface area contributed by atoms with Gasteiger partial charge in [0, 0.05) is 34.1 Å². The van der Waals surface area contributed by atoms with E-state index in [4.69, 9.17) is 0 Å². The highest BCUT2D eigenvalue weighted by Gasteiger charge is 2.19. The largest absolute Gasteiger partial charge is 0.311 e. The summed E-state index contributed by atoms with van der Waals surface area (Å²) in [5.74, 6) is 0. The average molecular weight is 665 g/mol. The summed E-state index contributed by atoms with van der Waals surface area (Å²) >= 11 is 0. The van der Waals surface area contributed by atoms with Gasteiger partial charge in [0.15, 0.2) is 0 Å². The number of nitrogens with zero attached hydrogens (tertiary/aromatic N) is 2. The maximum atomic E-state index is 2.31. The molecule has 0 N–H and O–H groups in total. The van der Waals surface area contributed by atoms with Crippen molar-refractivity contribution in [3.8, 4) is 22.3 Å². The normalized spacial score (nSPS) is 11.1. The fourth-order valence-corrected chi connectivity index (χ4v) is 7.51. The molecule has 0 aliphatic carbocycles. The predicted octanol–water partition coefficient (Wildman–Crippen LogP) is 14.3. The van der Waals surface area contributed by atoms with E-state index in [0.29, 0.717) is 0 Å². The molecule has 0 aliphatic heterocycles. The minimum Gasteiger partial charge on any atom is -0.311 e. The van der Waals surface area contributed by atoms with Crippen LogP contribution in [0.3, 0.4) is 0 Å². The Morgan fingerprint density at radius 2 is 0.404 bits per heavy atom. The maximum Gasteiger partial charge on any atom is 0.0462 e.